The molecule has 0 spiro atoms. The zero-order chi connectivity index (χ0) is 8.69. The summed E-state index contributed by atoms with van der Waals surface area (Å²) in [4.78, 5) is 0. The van der Waals surface area contributed by atoms with Crippen molar-refractivity contribution in [3.8, 4) is 0 Å². The van der Waals surface area contributed by atoms with E-state index in [4.69, 9.17) is 0 Å². The Kier molecular flexibility index (Phi) is 42.9. The van der Waals surface area contributed by atoms with Crippen LogP contribution in [0.3, 0.4) is 0 Å². The van der Waals surface area contributed by atoms with Crippen molar-refractivity contribution in [2.24, 2.45) is 5.92 Å². The Hall–Kier alpha value is 2.01. The molecule has 1 nitrogen and oxygen atoms in total. The minimum atomic E-state index is 0. The largest absolute Gasteiger partial charge is 1.00 e. The Morgan fingerprint density at radius 3 is 2.07 bits per heavy atom. The van der Waals surface area contributed by atoms with Crippen molar-refractivity contribution in [3.63, 3.8) is 0 Å². The van der Waals surface area contributed by atoms with Gasteiger partial charge in [-0.1, -0.05) is 19.8 Å². The van der Waals surface area contributed by atoms with E-state index in [1.807, 2.05) is 6.92 Å². The molecule has 0 saturated carbocycles. The van der Waals surface area contributed by atoms with Gasteiger partial charge in [-0.25, -0.2) is 0 Å². The second kappa shape index (κ2) is 21.3. The Morgan fingerprint density at radius 1 is 1.33 bits per heavy atom. The summed E-state index contributed by atoms with van der Waals surface area (Å²) in [6.45, 7) is 6.32. The topological polar surface area (TPSA) is 23.1 Å². The Bertz CT molecular complexity index is 99.5. The molecule has 0 saturated heterocycles. The fraction of sp³-hybridized carbons (Fsp3) is 0.800. The van der Waals surface area contributed by atoms with Gasteiger partial charge in [-0.15, -0.1) is 6.61 Å². The molecule has 0 heterocycles. The average Bonchev–Trinajstić information content (AvgIpc) is 2.03. The predicted molar refractivity (Wildman–Crippen MR) is 46.8 cm³/mol. The third kappa shape index (κ3) is 18.6. The molecule has 0 aliphatic carbocycles. The van der Waals surface area contributed by atoms with Gasteiger partial charge in [-0.05, 0) is 0 Å². The van der Waals surface area contributed by atoms with E-state index >= 15 is 0 Å². The van der Waals surface area contributed by atoms with Crippen LogP contribution in [0.15, 0.2) is 0 Å². The fourth-order valence-electron chi connectivity index (χ4n) is 1.21. The van der Waals surface area contributed by atoms with Crippen molar-refractivity contribution in [2.45, 2.75) is 40.0 Å². The normalized spacial score (nSPS) is 10.2. The first-order valence-electron chi connectivity index (χ1n) is 4.44. The van der Waals surface area contributed by atoms with Crippen LogP contribution in [0.1, 0.15) is 40.0 Å². The quantitative estimate of drug-likeness (QED) is 0.256. The summed E-state index contributed by atoms with van der Waals surface area (Å²) in [5, 5.41) is 10.5. The molecule has 2 radical (unpaired) electrons. The monoisotopic (exact) mass is 713 g/mol. The second-order valence-electron chi connectivity index (χ2n) is 3.19. The van der Waals surface area contributed by atoms with Crippen molar-refractivity contribution in [1.82, 2.24) is 0 Å². The molecule has 0 fully saturated rings. The Morgan fingerprint density at radius 2 is 1.80 bits per heavy atom. The van der Waals surface area contributed by atoms with E-state index in [-0.39, 0.29) is 104 Å². The molecule has 1 atom stereocenters. The van der Waals surface area contributed by atoms with Crippen molar-refractivity contribution >= 4 is 0 Å². The fourth-order valence-corrected chi connectivity index (χ4v) is 1.21. The van der Waals surface area contributed by atoms with Crippen molar-refractivity contribution in [1.29, 1.82) is 0 Å². The van der Waals surface area contributed by atoms with Gasteiger partial charge in [0, 0.05) is 39.0 Å². The smallest absolute Gasteiger partial charge is 0.854 e. The Labute approximate surface area is 164 Å². The molecule has 0 aromatic carbocycles. The van der Waals surface area contributed by atoms with Crippen LogP contribution in [-0.2, 0) is 39.0 Å². The Balaban J connectivity index is -0.0000000833. The van der Waals surface area contributed by atoms with Gasteiger partial charge in [0.15, 0.2) is 0 Å². The first kappa shape index (κ1) is 30.2. The molecule has 0 aromatic rings. The van der Waals surface area contributed by atoms with E-state index in [1.165, 1.54) is 5.92 Å². The predicted octanol–water partition coefficient (Wildman–Crippen LogP) is -1.03. The summed E-state index contributed by atoms with van der Waals surface area (Å²) in [7, 11) is 0. The molecule has 0 bridgehead atoms. The summed E-state index contributed by atoms with van der Waals surface area (Å²) in [5.74, 6) is 1.83. The first-order chi connectivity index (χ1) is 5.24. The molecule has 15 heavy (non-hydrogen) atoms. The van der Waals surface area contributed by atoms with Gasteiger partial charge in [0.1, 0.15) is 0 Å². The van der Waals surface area contributed by atoms with Gasteiger partial charge in [0.25, 0.3) is 0 Å². The van der Waals surface area contributed by atoms with E-state index < -0.39 is 0 Å². The molecule has 0 aliphatic rings. The molecule has 0 amide bonds. The van der Waals surface area contributed by atoms with Gasteiger partial charge in [0.05, 0.1) is 0 Å². The van der Waals surface area contributed by atoms with E-state index in [0.29, 0.717) is 5.92 Å². The van der Waals surface area contributed by atoms with Crippen molar-refractivity contribution in [2.75, 3.05) is 6.61 Å². The first-order valence-corrected chi connectivity index (χ1v) is 4.44. The summed E-state index contributed by atoms with van der Waals surface area (Å²) in [5.41, 5.74) is 0. The molecule has 88 valence electrons. The summed E-state index contributed by atoms with van der Waals surface area (Å²) >= 11 is 0. The SMILES string of the molecule is C[CH-]C[C-](CC)CC(C)C[O-].[Rb+].[Rf].[Rh].[Rh]. The van der Waals surface area contributed by atoms with Gasteiger partial charge >= 0.3 is 58.2 Å². The van der Waals surface area contributed by atoms with Crippen LogP contribution in [0, 0.1) is 18.3 Å². The van der Waals surface area contributed by atoms with Gasteiger partial charge < -0.3 is 23.9 Å². The molecule has 0 N–H and O–H groups in total. The minimum absolute atomic E-state index is 0. The number of hydrogen-bond donors (Lipinski definition) is 0. The molecule has 0 aromatic heterocycles. The van der Waals surface area contributed by atoms with Gasteiger partial charge in [0.2, 0.25) is 0 Å². The van der Waals surface area contributed by atoms with E-state index in [9.17, 15) is 5.11 Å². The van der Waals surface area contributed by atoms with Crippen LogP contribution in [0.4, 0.5) is 0 Å². The van der Waals surface area contributed by atoms with Gasteiger partial charge in [-0.2, -0.15) is 19.8 Å². The number of hydrogen-bond acceptors (Lipinski definition) is 1. The zero-order valence-electron chi connectivity index (χ0n) is 10.3. The molecule has 0 rings (SSSR count). The van der Waals surface area contributed by atoms with E-state index in [2.05, 4.69) is 20.3 Å². The third-order valence-corrected chi connectivity index (χ3v) is 1.91. The maximum absolute atomic E-state index is 10.5. The third-order valence-electron chi connectivity index (χ3n) is 1.91. The molecule has 0 aliphatic heterocycles. The summed E-state index contributed by atoms with van der Waals surface area (Å²) < 4.78 is 0. The van der Waals surface area contributed by atoms with Crippen LogP contribution in [-0.4, -0.2) is 6.61 Å². The van der Waals surface area contributed by atoms with Gasteiger partial charge in [-0.3, -0.25) is 0 Å². The van der Waals surface area contributed by atoms with Crippen LogP contribution in [0.25, 0.3) is 0 Å². The number of rotatable bonds is 6. The summed E-state index contributed by atoms with van der Waals surface area (Å²) in [6, 6.07) is 0. The van der Waals surface area contributed by atoms with Crippen LogP contribution >= 0.6 is 0 Å². The molecule has 5 heteroatoms. The van der Waals surface area contributed by atoms with Crippen molar-refractivity contribution in [3.05, 3.63) is 12.3 Å². The zero-order valence-corrected chi connectivity index (χ0v) is 24.9. The van der Waals surface area contributed by atoms with Crippen molar-refractivity contribution < 1.29 is 102 Å². The maximum Gasteiger partial charge on any atom is 1.00 e. The average molecular weight is 714 g/mol. The van der Waals surface area contributed by atoms with Crippen LogP contribution in [0.5, 0.6) is 0 Å². The van der Waals surface area contributed by atoms with Crippen LogP contribution in [0.2, 0.25) is 0 Å². The van der Waals surface area contributed by atoms with E-state index in [0.717, 1.165) is 19.3 Å². The standard InChI is InChI=1S/C10H19O.Rb.Rf.2Rh/c1-4-6-10(5-2)7-9(3)8-11;;;;/h4,9H,5-8H2,1-3H3;;;;/q-3;+1;;;. The minimum Gasteiger partial charge on any atom is -0.854 e. The van der Waals surface area contributed by atoms with Crippen LogP contribution < -0.4 is 63.3 Å². The summed E-state index contributed by atoms with van der Waals surface area (Å²) in [6.07, 6.45) is 5.39. The molecule has 1 unspecified atom stereocenters. The van der Waals surface area contributed by atoms with E-state index in [1.54, 1.807) is 0 Å². The molecular weight excluding hydrogens is 694 g/mol. The maximum atomic E-state index is 10.5. The second-order valence-corrected chi connectivity index (χ2v) is 3.19. The molecular formula is C10H19ORbRfRh2-2.